The number of fused-ring (bicyclic) bond motifs is 1. The van der Waals surface area contributed by atoms with Gasteiger partial charge in [-0.1, -0.05) is 42.0 Å². The van der Waals surface area contributed by atoms with Crippen LogP contribution in [0.4, 0.5) is 4.79 Å². The smallest absolute Gasteiger partial charge is 0.303 e. The molecule has 4 heteroatoms. The van der Waals surface area contributed by atoms with E-state index in [2.05, 4.69) is 16.7 Å². The normalized spacial score (nSPS) is 16.8. The number of carbonyl (C=O) groups excluding carboxylic acids is 2. The Hall–Kier alpha value is -2.62. The van der Waals surface area contributed by atoms with Gasteiger partial charge in [-0.3, -0.25) is 10.1 Å². The fraction of sp³-hybridized carbons (Fsp3) is 0.0667. The number of hydrogen-bond acceptors (Lipinski definition) is 2. The lowest BCUT2D eigenvalue weighted by Gasteiger charge is -2.04. The largest absolute Gasteiger partial charge is 0.326 e. The van der Waals surface area contributed by atoms with E-state index in [-0.39, 0.29) is 5.70 Å². The van der Waals surface area contributed by atoms with E-state index in [0.717, 1.165) is 21.9 Å². The van der Waals surface area contributed by atoms with Crippen molar-refractivity contribution in [3.05, 3.63) is 53.2 Å². The lowest BCUT2D eigenvalue weighted by molar-refractivity contribution is -0.115. The molecule has 2 aromatic rings. The molecule has 3 rings (SSSR count). The van der Waals surface area contributed by atoms with Gasteiger partial charge in [0.2, 0.25) is 0 Å². The topological polar surface area (TPSA) is 58.2 Å². The Morgan fingerprint density at radius 3 is 2.63 bits per heavy atom. The highest BCUT2D eigenvalue weighted by Gasteiger charge is 2.22. The molecular formula is C15H12N2O2. The number of nitrogens with one attached hydrogen (secondary N) is 2. The Morgan fingerprint density at radius 1 is 1.05 bits per heavy atom. The summed E-state index contributed by atoms with van der Waals surface area (Å²) in [5.41, 5.74) is 2.34. The van der Waals surface area contributed by atoms with Gasteiger partial charge >= 0.3 is 6.03 Å². The van der Waals surface area contributed by atoms with Crippen LogP contribution in [0.5, 0.6) is 0 Å². The Morgan fingerprint density at radius 2 is 1.89 bits per heavy atom. The summed E-state index contributed by atoms with van der Waals surface area (Å²) in [4.78, 5) is 22.6. The molecule has 0 spiro atoms. The van der Waals surface area contributed by atoms with Crippen LogP contribution in [0.15, 0.2) is 42.1 Å². The highest BCUT2D eigenvalue weighted by Crippen LogP contribution is 2.22. The first kappa shape index (κ1) is 11.5. The summed E-state index contributed by atoms with van der Waals surface area (Å²) in [5.74, 6) is -0.394. The second-order valence-corrected chi connectivity index (χ2v) is 4.54. The maximum atomic E-state index is 11.5. The van der Waals surface area contributed by atoms with E-state index in [1.807, 2.05) is 37.3 Å². The van der Waals surface area contributed by atoms with Gasteiger partial charge in [0.25, 0.3) is 5.91 Å². The van der Waals surface area contributed by atoms with Gasteiger partial charge in [0, 0.05) is 0 Å². The SMILES string of the molecule is Cc1ccc2cccc(/C=C3\NC(=O)NC3=O)c2c1. The predicted molar refractivity (Wildman–Crippen MR) is 73.3 cm³/mol. The standard InChI is InChI=1S/C15H12N2O2/c1-9-5-6-10-3-2-4-11(12(10)7-9)8-13-14(18)17-15(19)16-13/h2-8H,1H3,(H2,16,17,18,19)/b13-8-. The zero-order valence-electron chi connectivity index (χ0n) is 10.4. The second kappa shape index (κ2) is 4.24. The van der Waals surface area contributed by atoms with Gasteiger partial charge in [0.05, 0.1) is 0 Å². The highest BCUT2D eigenvalue weighted by atomic mass is 16.2. The second-order valence-electron chi connectivity index (χ2n) is 4.54. The zero-order chi connectivity index (χ0) is 13.4. The zero-order valence-corrected chi connectivity index (χ0v) is 10.4. The van der Waals surface area contributed by atoms with Crippen molar-refractivity contribution in [3.63, 3.8) is 0 Å². The molecule has 0 aromatic heterocycles. The molecular weight excluding hydrogens is 240 g/mol. The summed E-state index contributed by atoms with van der Waals surface area (Å²) in [6.45, 7) is 2.02. The Labute approximate surface area is 110 Å². The molecule has 0 bridgehead atoms. The monoisotopic (exact) mass is 252 g/mol. The number of rotatable bonds is 1. The molecule has 1 fully saturated rings. The molecule has 0 radical (unpaired) electrons. The van der Waals surface area contributed by atoms with Gasteiger partial charge in [-0.15, -0.1) is 0 Å². The van der Waals surface area contributed by atoms with Crippen LogP contribution >= 0.6 is 0 Å². The van der Waals surface area contributed by atoms with E-state index < -0.39 is 11.9 Å². The fourth-order valence-corrected chi connectivity index (χ4v) is 2.17. The molecule has 1 heterocycles. The number of benzene rings is 2. The van der Waals surface area contributed by atoms with Crippen LogP contribution in [-0.2, 0) is 4.79 Å². The Kier molecular flexibility index (Phi) is 2.56. The molecule has 1 aliphatic heterocycles. The third kappa shape index (κ3) is 2.08. The number of amides is 3. The van der Waals surface area contributed by atoms with E-state index >= 15 is 0 Å². The van der Waals surface area contributed by atoms with Crippen molar-refractivity contribution in [2.75, 3.05) is 0 Å². The quantitative estimate of drug-likeness (QED) is 0.604. The molecule has 19 heavy (non-hydrogen) atoms. The minimum atomic E-state index is -0.479. The molecule has 2 aromatic carbocycles. The van der Waals surface area contributed by atoms with E-state index in [4.69, 9.17) is 0 Å². The number of carbonyl (C=O) groups is 2. The molecule has 1 saturated heterocycles. The van der Waals surface area contributed by atoms with Crippen molar-refractivity contribution in [1.82, 2.24) is 10.6 Å². The van der Waals surface area contributed by atoms with Gasteiger partial charge in [-0.25, -0.2) is 4.79 Å². The predicted octanol–water partition coefficient (Wildman–Crippen LogP) is 2.33. The van der Waals surface area contributed by atoms with Gasteiger partial charge < -0.3 is 5.32 Å². The molecule has 1 aliphatic rings. The third-order valence-corrected chi connectivity index (χ3v) is 3.09. The summed E-state index contributed by atoms with van der Waals surface area (Å²) >= 11 is 0. The molecule has 0 atom stereocenters. The molecule has 0 saturated carbocycles. The molecule has 0 aliphatic carbocycles. The minimum Gasteiger partial charge on any atom is -0.303 e. The fourth-order valence-electron chi connectivity index (χ4n) is 2.17. The van der Waals surface area contributed by atoms with Crippen molar-refractivity contribution in [3.8, 4) is 0 Å². The van der Waals surface area contributed by atoms with Crippen LogP contribution in [0.1, 0.15) is 11.1 Å². The van der Waals surface area contributed by atoms with Gasteiger partial charge in [0.1, 0.15) is 5.70 Å². The van der Waals surface area contributed by atoms with Crippen molar-refractivity contribution < 1.29 is 9.59 Å². The van der Waals surface area contributed by atoms with E-state index in [1.165, 1.54) is 0 Å². The van der Waals surface area contributed by atoms with Crippen LogP contribution in [0.3, 0.4) is 0 Å². The Balaban J connectivity index is 2.15. The maximum absolute atomic E-state index is 11.5. The molecule has 94 valence electrons. The lowest BCUT2D eigenvalue weighted by atomic mass is 10.0. The van der Waals surface area contributed by atoms with Crippen molar-refractivity contribution in [1.29, 1.82) is 0 Å². The van der Waals surface area contributed by atoms with Crippen LogP contribution < -0.4 is 10.6 Å². The summed E-state index contributed by atoms with van der Waals surface area (Å²) in [7, 11) is 0. The molecule has 2 N–H and O–H groups in total. The third-order valence-electron chi connectivity index (χ3n) is 3.09. The first-order valence-corrected chi connectivity index (χ1v) is 5.97. The van der Waals surface area contributed by atoms with Crippen molar-refractivity contribution in [2.24, 2.45) is 0 Å². The summed E-state index contributed by atoms with van der Waals surface area (Å²) in [6.07, 6.45) is 1.70. The average molecular weight is 252 g/mol. The van der Waals surface area contributed by atoms with E-state index in [1.54, 1.807) is 6.08 Å². The number of hydrogen-bond donors (Lipinski definition) is 2. The first-order chi connectivity index (χ1) is 9.13. The molecule has 0 unspecified atom stereocenters. The van der Waals surface area contributed by atoms with E-state index in [0.29, 0.717) is 0 Å². The summed E-state index contributed by atoms with van der Waals surface area (Å²) in [5, 5.41) is 6.84. The van der Waals surface area contributed by atoms with Gasteiger partial charge in [0.15, 0.2) is 0 Å². The van der Waals surface area contributed by atoms with Crippen molar-refractivity contribution >= 4 is 28.8 Å². The van der Waals surface area contributed by atoms with E-state index in [9.17, 15) is 9.59 Å². The Bertz CT molecular complexity index is 732. The molecule has 4 nitrogen and oxygen atoms in total. The first-order valence-electron chi connectivity index (χ1n) is 5.97. The maximum Gasteiger partial charge on any atom is 0.326 e. The van der Waals surface area contributed by atoms with Gasteiger partial charge in [-0.05, 0) is 29.3 Å². The minimum absolute atomic E-state index is 0.277. The summed E-state index contributed by atoms with van der Waals surface area (Å²) < 4.78 is 0. The number of urea groups is 1. The number of imide groups is 1. The summed E-state index contributed by atoms with van der Waals surface area (Å²) in [6, 6.07) is 11.5. The van der Waals surface area contributed by atoms with Crippen LogP contribution in [0.2, 0.25) is 0 Å². The van der Waals surface area contributed by atoms with Gasteiger partial charge in [-0.2, -0.15) is 0 Å². The van der Waals surface area contributed by atoms with Crippen molar-refractivity contribution in [2.45, 2.75) is 6.92 Å². The van der Waals surface area contributed by atoms with Crippen LogP contribution in [0, 0.1) is 6.92 Å². The number of aryl methyl sites for hydroxylation is 1. The highest BCUT2D eigenvalue weighted by molar-refractivity contribution is 6.14. The van der Waals surface area contributed by atoms with Crippen LogP contribution in [0.25, 0.3) is 16.8 Å². The lowest BCUT2D eigenvalue weighted by Crippen LogP contribution is -2.22. The average Bonchev–Trinajstić information content (AvgIpc) is 2.69. The van der Waals surface area contributed by atoms with Crippen LogP contribution in [-0.4, -0.2) is 11.9 Å². The molecule has 3 amide bonds.